The third-order valence-corrected chi connectivity index (χ3v) is 3.35. The van der Waals surface area contributed by atoms with Crippen LogP contribution in [-0.2, 0) is 9.53 Å². The van der Waals surface area contributed by atoms with Crippen molar-refractivity contribution in [2.75, 3.05) is 7.11 Å². The number of carbonyl (C=O) groups is 1. The summed E-state index contributed by atoms with van der Waals surface area (Å²) >= 11 is 0. The van der Waals surface area contributed by atoms with Gasteiger partial charge in [-0.3, -0.25) is 4.79 Å². The molecule has 0 aromatic rings. The number of methoxy groups -OCH3 is 1. The number of carbonyl (C=O) groups excluding carboxylic acids is 1. The molecule has 2 saturated carbocycles. The van der Waals surface area contributed by atoms with Crippen LogP contribution in [0.5, 0.6) is 0 Å². The predicted octanol–water partition coefficient (Wildman–Crippen LogP) is 0.566. The van der Waals surface area contributed by atoms with Gasteiger partial charge in [0.15, 0.2) is 0 Å². The number of fused-ring (bicyclic) bond motifs is 2. The predicted molar refractivity (Wildman–Crippen MR) is 42.3 cm³/mol. The molecule has 0 unspecified atom stereocenters. The first-order valence-electron chi connectivity index (χ1n) is 4.50. The average Bonchev–Trinajstić information content (AvgIpc) is 2.59. The minimum absolute atomic E-state index is 0.00926. The highest BCUT2D eigenvalue weighted by Crippen LogP contribution is 2.49. The Labute approximate surface area is 71.7 Å². The first kappa shape index (κ1) is 8.05. The van der Waals surface area contributed by atoms with Gasteiger partial charge >= 0.3 is 5.97 Å². The van der Waals surface area contributed by atoms with Crippen molar-refractivity contribution in [3.05, 3.63) is 0 Å². The van der Waals surface area contributed by atoms with Crippen molar-refractivity contribution in [3.8, 4) is 0 Å². The van der Waals surface area contributed by atoms with Gasteiger partial charge in [0.1, 0.15) is 0 Å². The number of ether oxygens (including phenoxy) is 1. The highest BCUT2D eigenvalue weighted by atomic mass is 16.5. The van der Waals surface area contributed by atoms with E-state index in [1.165, 1.54) is 7.11 Å². The standard InChI is InChI=1S/C9H14O3/c1-12-9(11)8-5-2-3-6(8)7(10)4-5/h5-8,10H,2-4H2,1H3/t5-,6+,7-,8+/m0/s1. The Morgan fingerprint density at radius 3 is 2.67 bits per heavy atom. The van der Waals surface area contributed by atoms with Crippen molar-refractivity contribution in [2.45, 2.75) is 25.4 Å². The molecule has 2 bridgehead atoms. The van der Waals surface area contributed by atoms with Gasteiger partial charge in [0.2, 0.25) is 0 Å². The van der Waals surface area contributed by atoms with Gasteiger partial charge < -0.3 is 9.84 Å². The van der Waals surface area contributed by atoms with Crippen LogP contribution in [-0.4, -0.2) is 24.3 Å². The molecule has 12 heavy (non-hydrogen) atoms. The van der Waals surface area contributed by atoms with Crippen LogP contribution in [0.2, 0.25) is 0 Å². The molecule has 0 spiro atoms. The topological polar surface area (TPSA) is 46.5 Å². The molecule has 68 valence electrons. The molecule has 0 aromatic carbocycles. The summed E-state index contributed by atoms with van der Waals surface area (Å²) in [4.78, 5) is 11.3. The summed E-state index contributed by atoms with van der Waals surface area (Å²) < 4.78 is 4.71. The summed E-state index contributed by atoms with van der Waals surface area (Å²) in [6, 6.07) is 0. The summed E-state index contributed by atoms with van der Waals surface area (Å²) in [5.74, 6) is 0.434. The van der Waals surface area contributed by atoms with Gasteiger partial charge in [0, 0.05) is 0 Å². The third-order valence-electron chi connectivity index (χ3n) is 3.35. The molecule has 2 aliphatic rings. The summed E-state index contributed by atoms with van der Waals surface area (Å²) in [6.45, 7) is 0. The molecule has 0 radical (unpaired) electrons. The molecule has 2 aliphatic carbocycles. The Morgan fingerprint density at radius 2 is 2.25 bits per heavy atom. The zero-order chi connectivity index (χ0) is 8.72. The van der Waals surface area contributed by atoms with Gasteiger partial charge in [-0.25, -0.2) is 0 Å². The SMILES string of the molecule is COC(=O)[C@@H]1[C@H]2CC[C@@H]1[C@@H](O)C2. The molecule has 3 nitrogen and oxygen atoms in total. The van der Waals surface area contributed by atoms with Crippen LogP contribution in [0.1, 0.15) is 19.3 Å². The van der Waals surface area contributed by atoms with E-state index >= 15 is 0 Å². The van der Waals surface area contributed by atoms with Crippen molar-refractivity contribution in [1.82, 2.24) is 0 Å². The number of hydrogen-bond acceptors (Lipinski definition) is 3. The lowest BCUT2D eigenvalue weighted by molar-refractivity contribution is -0.147. The van der Waals surface area contributed by atoms with Gasteiger partial charge in [-0.2, -0.15) is 0 Å². The first-order valence-corrected chi connectivity index (χ1v) is 4.50. The van der Waals surface area contributed by atoms with Crippen LogP contribution < -0.4 is 0 Å². The van der Waals surface area contributed by atoms with E-state index in [4.69, 9.17) is 4.74 Å². The summed E-state index contributed by atoms with van der Waals surface area (Å²) in [7, 11) is 1.42. The van der Waals surface area contributed by atoms with Crippen molar-refractivity contribution >= 4 is 5.97 Å². The first-order chi connectivity index (χ1) is 5.74. The molecule has 0 aliphatic heterocycles. The van der Waals surface area contributed by atoms with E-state index in [1.54, 1.807) is 0 Å². The lowest BCUT2D eigenvalue weighted by Gasteiger charge is -2.15. The molecule has 0 aromatic heterocycles. The van der Waals surface area contributed by atoms with Crippen LogP contribution in [0.25, 0.3) is 0 Å². The maximum atomic E-state index is 11.3. The van der Waals surface area contributed by atoms with E-state index < -0.39 is 0 Å². The zero-order valence-corrected chi connectivity index (χ0v) is 7.19. The smallest absolute Gasteiger partial charge is 0.309 e. The zero-order valence-electron chi connectivity index (χ0n) is 7.19. The van der Waals surface area contributed by atoms with Crippen LogP contribution in [0, 0.1) is 17.8 Å². The Kier molecular flexibility index (Phi) is 1.83. The van der Waals surface area contributed by atoms with Crippen LogP contribution in [0.15, 0.2) is 0 Å². The monoisotopic (exact) mass is 170 g/mol. The fourth-order valence-electron chi connectivity index (χ4n) is 2.80. The fourth-order valence-corrected chi connectivity index (χ4v) is 2.80. The summed E-state index contributed by atoms with van der Waals surface area (Å²) in [5.41, 5.74) is 0. The molecule has 0 saturated heterocycles. The van der Waals surface area contributed by atoms with E-state index in [-0.39, 0.29) is 23.9 Å². The quantitative estimate of drug-likeness (QED) is 0.585. The fraction of sp³-hybridized carbons (Fsp3) is 0.889. The van der Waals surface area contributed by atoms with E-state index in [2.05, 4.69) is 0 Å². The molecular formula is C9H14O3. The Morgan fingerprint density at radius 1 is 1.50 bits per heavy atom. The number of hydrogen-bond donors (Lipinski definition) is 1. The second-order valence-corrected chi connectivity index (χ2v) is 3.85. The van der Waals surface area contributed by atoms with E-state index in [0.29, 0.717) is 5.92 Å². The Hall–Kier alpha value is -0.570. The molecule has 2 rings (SSSR count). The largest absolute Gasteiger partial charge is 0.469 e. The summed E-state index contributed by atoms with van der Waals surface area (Å²) in [5, 5.41) is 9.53. The number of rotatable bonds is 1. The minimum Gasteiger partial charge on any atom is -0.469 e. The minimum atomic E-state index is -0.257. The van der Waals surface area contributed by atoms with E-state index in [1.807, 2.05) is 0 Å². The lowest BCUT2D eigenvalue weighted by atomic mass is 9.97. The molecular weight excluding hydrogens is 156 g/mol. The number of aliphatic hydroxyl groups is 1. The van der Waals surface area contributed by atoms with Gasteiger partial charge in [-0.15, -0.1) is 0 Å². The van der Waals surface area contributed by atoms with E-state index in [0.717, 1.165) is 19.3 Å². The van der Waals surface area contributed by atoms with Crippen molar-refractivity contribution in [2.24, 2.45) is 17.8 Å². The molecule has 0 amide bonds. The second-order valence-electron chi connectivity index (χ2n) is 3.85. The van der Waals surface area contributed by atoms with Crippen molar-refractivity contribution in [1.29, 1.82) is 0 Å². The normalized spacial score (nSPS) is 44.8. The molecule has 1 N–H and O–H groups in total. The van der Waals surface area contributed by atoms with Gasteiger partial charge in [0.25, 0.3) is 0 Å². The Balaban J connectivity index is 2.13. The summed E-state index contributed by atoms with van der Waals surface area (Å²) in [6.07, 6.45) is 2.62. The maximum Gasteiger partial charge on any atom is 0.309 e. The molecule has 4 atom stereocenters. The van der Waals surface area contributed by atoms with Crippen LogP contribution in [0.4, 0.5) is 0 Å². The average molecular weight is 170 g/mol. The van der Waals surface area contributed by atoms with Gasteiger partial charge in [-0.1, -0.05) is 0 Å². The Bertz CT molecular complexity index is 202. The third kappa shape index (κ3) is 0.959. The highest BCUT2D eigenvalue weighted by molar-refractivity contribution is 5.74. The molecule has 0 heterocycles. The van der Waals surface area contributed by atoms with Crippen LogP contribution >= 0.6 is 0 Å². The van der Waals surface area contributed by atoms with Crippen molar-refractivity contribution in [3.63, 3.8) is 0 Å². The number of esters is 1. The second kappa shape index (κ2) is 2.73. The number of aliphatic hydroxyl groups excluding tert-OH is 1. The lowest BCUT2D eigenvalue weighted by Crippen LogP contribution is -2.23. The van der Waals surface area contributed by atoms with Gasteiger partial charge in [-0.05, 0) is 31.1 Å². The molecule has 2 fully saturated rings. The highest BCUT2D eigenvalue weighted by Gasteiger charge is 2.51. The van der Waals surface area contributed by atoms with E-state index in [9.17, 15) is 9.90 Å². The maximum absolute atomic E-state index is 11.3. The molecule has 3 heteroatoms. The van der Waals surface area contributed by atoms with Gasteiger partial charge in [0.05, 0.1) is 19.1 Å². The van der Waals surface area contributed by atoms with Crippen molar-refractivity contribution < 1.29 is 14.6 Å². The van der Waals surface area contributed by atoms with Crippen LogP contribution in [0.3, 0.4) is 0 Å².